The minimum atomic E-state index is -0.405. The first kappa shape index (κ1) is 16.4. The van der Waals surface area contributed by atoms with Gasteiger partial charge in [0.15, 0.2) is 11.6 Å². The van der Waals surface area contributed by atoms with Gasteiger partial charge in [0.25, 0.3) is 0 Å². The van der Waals surface area contributed by atoms with Gasteiger partial charge in [-0.05, 0) is 47.5 Å². The lowest BCUT2D eigenvalue weighted by Crippen LogP contribution is -2.02. The second-order valence-corrected chi connectivity index (χ2v) is 5.97. The average molecular weight is 370 g/mol. The summed E-state index contributed by atoms with van der Waals surface area (Å²) in [5, 5.41) is 8.55. The van der Waals surface area contributed by atoms with Gasteiger partial charge in [-0.25, -0.2) is 19.0 Å². The number of halogens is 2. The lowest BCUT2D eigenvalue weighted by molar-refractivity contribution is 0.386. The monoisotopic (exact) mass is 369 g/mol. The predicted molar refractivity (Wildman–Crippen MR) is 95.6 cm³/mol. The number of nitrogens with zero attached hydrogens (tertiary/aromatic N) is 5. The topological polar surface area (TPSA) is 65.7 Å². The second-order valence-electron chi connectivity index (χ2n) is 5.63. The van der Waals surface area contributed by atoms with Gasteiger partial charge in [-0.3, -0.25) is 0 Å². The molecule has 2 aromatic heterocycles. The summed E-state index contributed by atoms with van der Waals surface area (Å²) in [7, 11) is 1.44. The summed E-state index contributed by atoms with van der Waals surface area (Å²) in [4.78, 5) is 8.08. The molecule has 0 radical (unpaired) electrons. The number of benzene rings is 2. The van der Waals surface area contributed by atoms with Crippen molar-refractivity contribution in [2.24, 2.45) is 0 Å². The maximum Gasteiger partial charge on any atom is 0.222 e. The van der Waals surface area contributed by atoms with Crippen LogP contribution in [0.3, 0.4) is 0 Å². The Bertz CT molecular complexity index is 1100. The van der Waals surface area contributed by atoms with Crippen LogP contribution in [0.5, 0.6) is 5.75 Å². The Hall–Kier alpha value is -3.06. The van der Waals surface area contributed by atoms with Gasteiger partial charge in [-0.1, -0.05) is 17.3 Å². The lowest BCUT2D eigenvalue weighted by atomic mass is 10.1. The molecule has 0 atom stereocenters. The first-order chi connectivity index (χ1) is 12.6. The van der Waals surface area contributed by atoms with Crippen LogP contribution in [0.25, 0.3) is 22.3 Å². The van der Waals surface area contributed by atoms with Crippen LogP contribution in [-0.2, 0) is 6.54 Å². The number of hydrogen-bond donors (Lipinski definition) is 0. The van der Waals surface area contributed by atoms with E-state index in [4.69, 9.17) is 16.3 Å². The molecule has 0 aliphatic carbocycles. The fraction of sp³-hybridized carbons (Fsp3) is 0.111. The summed E-state index contributed by atoms with van der Waals surface area (Å²) in [6, 6.07) is 12.3. The summed E-state index contributed by atoms with van der Waals surface area (Å²) in [6.07, 6.45) is 1.60. The Balaban J connectivity index is 1.66. The third kappa shape index (κ3) is 3.09. The zero-order valence-corrected chi connectivity index (χ0v) is 14.5. The SMILES string of the molecule is COc1ccc(Cn2nnc3cc(-c4ccnc(Cl)n4)ccc32)cc1F. The summed E-state index contributed by atoms with van der Waals surface area (Å²) >= 11 is 5.85. The normalized spacial score (nSPS) is 11.0. The van der Waals surface area contributed by atoms with E-state index < -0.39 is 5.82 Å². The zero-order chi connectivity index (χ0) is 18.1. The van der Waals surface area contributed by atoms with Crippen molar-refractivity contribution in [2.45, 2.75) is 6.54 Å². The average Bonchev–Trinajstić information content (AvgIpc) is 3.04. The smallest absolute Gasteiger partial charge is 0.222 e. The van der Waals surface area contributed by atoms with Crippen molar-refractivity contribution in [3.8, 4) is 17.0 Å². The quantitative estimate of drug-likeness (QED) is 0.513. The molecule has 130 valence electrons. The van der Waals surface area contributed by atoms with Crippen molar-refractivity contribution >= 4 is 22.6 Å². The highest BCUT2D eigenvalue weighted by molar-refractivity contribution is 6.28. The van der Waals surface area contributed by atoms with Crippen molar-refractivity contribution in [1.82, 2.24) is 25.0 Å². The van der Waals surface area contributed by atoms with Crippen LogP contribution in [0, 0.1) is 5.82 Å². The molecular formula is C18H13ClFN5O. The fourth-order valence-corrected chi connectivity index (χ4v) is 2.87. The highest BCUT2D eigenvalue weighted by Crippen LogP contribution is 2.23. The fourth-order valence-electron chi connectivity index (χ4n) is 2.73. The second kappa shape index (κ2) is 6.68. The number of rotatable bonds is 4. The summed E-state index contributed by atoms with van der Waals surface area (Å²) < 4.78 is 20.5. The van der Waals surface area contributed by atoms with Gasteiger partial charge < -0.3 is 4.74 Å². The molecular weight excluding hydrogens is 357 g/mol. The molecule has 0 fully saturated rings. The molecule has 0 saturated heterocycles. The van der Waals surface area contributed by atoms with Crippen molar-refractivity contribution < 1.29 is 9.13 Å². The first-order valence-corrected chi connectivity index (χ1v) is 8.16. The molecule has 4 aromatic rings. The van der Waals surface area contributed by atoms with Crippen LogP contribution >= 0.6 is 11.6 Å². The lowest BCUT2D eigenvalue weighted by Gasteiger charge is -2.06. The maximum atomic E-state index is 13.9. The molecule has 0 bridgehead atoms. The Morgan fingerprint density at radius 2 is 2.04 bits per heavy atom. The molecule has 8 heteroatoms. The van der Waals surface area contributed by atoms with E-state index in [1.807, 2.05) is 18.2 Å². The van der Waals surface area contributed by atoms with Gasteiger partial charge in [0.1, 0.15) is 5.52 Å². The molecule has 2 aromatic carbocycles. The first-order valence-electron chi connectivity index (χ1n) is 7.78. The zero-order valence-electron chi connectivity index (χ0n) is 13.7. The van der Waals surface area contributed by atoms with Gasteiger partial charge in [0.2, 0.25) is 5.28 Å². The van der Waals surface area contributed by atoms with E-state index >= 15 is 0 Å². The molecule has 4 rings (SSSR count). The highest BCUT2D eigenvalue weighted by atomic mass is 35.5. The van der Waals surface area contributed by atoms with Crippen molar-refractivity contribution in [2.75, 3.05) is 7.11 Å². The Kier molecular flexibility index (Phi) is 4.22. The standard InChI is InChI=1S/C18H13ClFN5O/c1-26-17-5-2-11(8-13(17)20)10-25-16-4-3-12(9-15(16)23-24-25)14-6-7-21-18(19)22-14/h2-9H,10H2,1H3. The minimum absolute atomic E-state index is 0.188. The number of ether oxygens (including phenoxy) is 1. The number of fused-ring (bicyclic) bond motifs is 1. The summed E-state index contributed by atoms with van der Waals surface area (Å²) in [5.41, 5.74) is 3.89. The van der Waals surface area contributed by atoms with Crippen LogP contribution in [0.4, 0.5) is 4.39 Å². The van der Waals surface area contributed by atoms with Crippen molar-refractivity contribution in [3.05, 3.63) is 65.3 Å². The third-order valence-electron chi connectivity index (χ3n) is 3.98. The van der Waals surface area contributed by atoms with E-state index in [1.165, 1.54) is 13.2 Å². The van der Waals surface area contributed by atoms with E-state index in [9.17, 15) is 4.39 Å². The molecule has 0 spiro atoms. The van der Waals surface area contributed by atoms with E-state index in [0.29, 0.717) is 17.8 Å². The van der Waals surface area contributed by atoms with Crippen molar-refractivity contribution in [3.63, 3.8) is 0 Å². The number of aromatic nitrogens is 5. The van der Waals surface area contributed by atoms with E-state index in [-0.39, 0.29) is 11.0 Å². The molecule has 6 nitrogen and oxygen atoms in total. The Morgan fingerprint density at radius 1 is 1.15 bits per heavy atom. The molecule has 0 aliphatic heterocycles. The van der Waals surface area contributed by atoms with Gasteiger partial charge in [-0.2, -0.15) is 0 Å². The molecule has 2 heterocycles. The van der Waals surface area contributed by atoms with Crippen molar-refractivity contribution in [1.29, 1.82) is 0 Å². The molecule has 0 N–H and O–H groups in total. The van der Waals surface area contributed by atoms with Gasteiger partial charge in [0, 0.05) is 11.8 Å². The molecule has 0 aliphatic rings. The molecule has 0 saturated carbocycles. The Labute approximate surface area is 153 Å². The number of hydrogen-bond acceptors (Lipinski definition) is 5. The van der Waals surface area contributed by atoms with E-state index in [0.717, 1.165) is 16.6 Å². The maximum absolute atomic E-state index is 13.9. The highest BCUT2D eigenvalue weighted by Gasteiger charge is 2.10. The van der Waals surface area contributed by atoms with Crippen LogP contribution < -0.4 is 4.74 Å². The van der Waals surface area contributed by atoms with Crippen LogP contribution in [0.2, 0.25) is 5.28 Å². The predicted octanol–water partition coefficient (Wildman–Crippen LogP) is 3.74. The van der Waals surface area contributed by atoms with Gasteiger partial charge in [0.05, 0.1) is 24.9 Å². The van der Waals surface area contributed by atoms with Crippen LogP contribution in [0.1, 0.15) is 5.56 Å². The van der Waals surface area contributed by atoms with Gasteiger partial charge >= 0.3 is 0 Å². The number of methoxy groups -OCH3 is 1. The summed E-state index contributed by atoms with van der Waals surface area (Å²) in [6.45, 7) is 0.399. The molecule has 0 amide bonds. The summed E-state index contributed by atoms with van der Waals surface area (Å²) in [5.74, 6) is -0.192. The third-order valence-corrected chi connectivity index (χ3v) is 4.17. The van der Waals surface area contributed by atoms with Gasteiger partial charge in [-0.15, -0.1) is 5.10 Å². The van der Waals surface area contributed by atoms with E-state index in [2.05, 4.69) is 20.3 Å². The largest absolute Gasteiger partial charge is 0.494 e. The minimum Gasteiger partial charge on any atom is -0.494 e. The Morgan fingerprint density at radius 3 is 2.81 bits per heavy atom. The van der Waals surface area contributed by atoms with E-state index in [1.54, 1.807) is 29.1 Å². The van der Waals surface area contributed by atoms with Crippen LogP contribution in [0.15, 0.2) is 48.7 Å². The molecule has 0 unspecified atom stereocenters. The van der Waals surface area contributed by atoms with Crippen LogP contribution in [-0.4, -0.2) is 32.1 Å². The molecule has 26 heavy (non-hydrogen) atoms.